The molecule has 3 rings (SSSR count). The molecule has 5 heteroatoms. The van der Waals surface area contributed by atoms with Crippen LogP contribution in [-0.4, -0.2) is 55.1 Å². The fraction of sp³-hybridized carbons (Fsp3) is 0.600. The molecule has 0 radical (unpaired) electrons. The third-order valence-corrected chi connectivity index (χ3v) is 4.52. The van der Waals surface area contributed by atoms with Crippen LogP contribution in [0.25, 0.3) is 0 Å². The molecule has 20 heavy (non-hydrogen) atoms. The molecule has 110 valence electrons. The van der Waals surface area contributed by atoms with E-state index >= 15 is 0 Å². The maximum atomic E-state index is 13.8. The summed E-state index contributed by atoms with van der Waals surface area (Å²) < 4.78 is 26.7. The second kappa shape index (κ2) is 5.76. The number of likely N-dealkylation sites (tertiary alicyclic amines) is 1. The highest BCUT2D eigenvalue weighted by Crippen LogP contribution is 2.29. The minimum atomic E-state index is -0.513. The summed E-state index contributed by atoms with van der Waals surface area (Å²) in [7, 11) is 0. The first-order valence-corrected chi connectivity index (χ1v) is 7.29. The van der Waals surface area contributed by atoms with Gasteiger partial charge in [-0.3, -0.25) is 9.80 Å². The van der Waals surface area contributed by atoms with Gasteiger partial charge in [-0.25, -0.2) is 8.78 Å². The van der Waals surface area contributed by atoms with E-state index in [1.54, 1.807) is 6.07 Å². The molecule has 0 amide bonds. The number of hydrogen-bond acceptors (Lipinski definition) is 3. The van der Waals surface area contributed by atoms with Crippen molar-refractivity contribution in [1.82, 2.24) is 15.1 Å². The van der Waals surface area contributed by atoms with Gasteiger partial charge in [0.2, 0.25) is 0 Å². The van der Waals surface area contributed by atoms with Crippen LogP contribution in [0.3, 0.4) is 0 Å². The Kier molecular flexibility index (Phi) is 4.01. The number of rotatable bonds is 3. The highest BCUT2D eigenvalue weighted by Gasteiger charge is 2.35. The van der Waals surface area contributed by atoms with Crippen molar-refractivity contribution in [3.05, 3.63) is 35.4 Å². The molecule has 1 aromatic carbocycles. The van der Waals surface area contributed by atoms with Crippen LogP contribution in [-0.2, 0) is 0 Å². The van der Waals surface area contributed by atoms with Crippen molar-refractivity contribution >= 4 is 0 Å². The normalized spacial score (nSPS) is 23.6. The Morgan fingerprint density at radius 3 is 2.55 bits per heavy atom. The molecule has 1 atom stereocenters. The number of halogens is 2. The van der Waals surface area contributed by atoms with Gasteiger partial charge < -0.3 is 5.32 Å². The van der Waals surface area contributed by atoms with Gasteiger partial charge in [0.15, 0.2) is 0 Å². The minimum absolute atomic E-state index is 0.00904. The lowest BCUT2D eigenvalue weighted by Gasteiger charge is -2.49. The Hall–Kier alpha value is -1.04. The van der Waals surface area contributed by atoms with Crippen LogP contribution >= 0.6 is 0 Å². The van der Waals surface area contributed by atoms with Gasteiger partial charge in [-0.05, 0) is 13.0 Å². The first-order valence-electron chi connectivity index (χ1n) is 7.29. The van der Waals surface area contributed by atoms with Crippen LogP contribution in [0.15, 0.2) is 18.2 Å². The van der Waals surface area contributed by atoms with Gasteiger partial charge in [0.05, 0.1) is 0 Å². The summed E-state index contributed by atoms with van der Waals surface area (Å²) in [5.41, 5.74) is 0.588. The molecule has 2 heterocycles. The average Bonchev–Trinajstić information content (AvgIpc) is 2.38. The second-order valence-electron chi connectivity index (χ2n) is 5.74. The van der Waals surface area contributed by atoms with Crippen molar-refractivity contribution < 1.29 is 8.78 Å². The molecule has 2 aliphatic heterocycles. The molecule has 0 aromatic heterocycles. The summed E-state index contributed by atoms with van der Waals surface area (Å²) in [5.74, 6) is -0.955. The standard InChI is InChI=1S/C15H21F2N3/c1-11(14-3-2-12(16)8-15(14)17)20-9-13(10-20)19-6-4-18-5-7-19/h2-3,8,11,13,18H,4-7,9-10H2,1H3. The fourth-order valence-electron chi connectivity index (χ4n) is 3.12. The van der Waals surface area contributed by atoms with Crippen LogP contribution in [0.1, 0.15) is 18.5 Å². The van der Waals surface area contributed by atoms with Crippen LogP contribution in [0.5, 0.6) is 0 Å². The maximum Gasteiger partial charge on any atom is 0.130 e. The summed E-state index contributed by atoms with van der Waals surface area (Å²) in [4.78, 5) is 4.75. The fourth-order valence-corrected chi connectivity index (χ4v) is 3.12. The van der Waals surface area contributed by atoms with E-state index in [2.05, 4.69) is 15.1 Å². The zero-order valence-corrected chi connectivity index (χ0v) is 11.8. The molecule has 0 aliphatic carbocycles. The van der Waals surface area contributed by atoms with E-state index in [9.17, 15) is 8.78 Å². The Bertz CT molecular complexity index is 468. The summed E-state index contributed by atoms with van der Waals surface area (Å²) in [6.45, 7) is 8.23. The van der Waals surface area contributed by atoms with E-state index in [-0.39, 0.29) is 6.04 Å². The molecule has 3 nitrogen and oxygen atoms in total. The number of benzene rings is 1. The number of piperazine rings is 1. The summed E-state index contributed by atoms with van der Waals surface area (Å²) >= 11 is 0. The van der Waals surface area contributed by atoms with Gasteiger partial charge in [-0.2, -0.15) is 0 Å². The summed E-state index contributed by atoms with van der Waals surface area (Å²) in [6.07, 6.45) is 0. The van der Waals surface area contributed by atoms with Crippen molar-refractivity contribution in [2.24, 2.45) is 0 Å². The van der Waals surface area contributed by atoms with E-state index in [0.29, 0.717) is 11.6 Å². The third kappa shape index (κ3) is 2.71. The Morgan fingerprint density at radius 1 is 1.20 bits per heavy atom. The molecule has 1 N–H and O–H groups in total. The molecular weight excluding hydrogens is 260 g/mol. The van der Waals surface area contributed by atoms with E-state index in [1.165, 1.54) is 6.07 Å². The van der Waals surface area contributed by atoms with E-state index < -0.39 is 11.6 Å². The number of hydrogen-bond donors (Lipinski definition) is 1. The highest BCUT2D eigenvalue weighted by molar-refractivity contribution is 5.22. The van der Waals surface area contributed by atoms with E-state index in [0.717, 1.165) is 45.3 Å². The molecule has 0 bridgehead atoms. The molecule has 1 unspecified atom stereocenters. The first kappa shape index (κ1) is 13.9. The monoisotopic (exact) mass is 281 g/mol. The molecule has 0 saturated carbocycles. The quantitative estimate of drug-likeness (QED) is 0.908. The molecule has 0 spiro atoms. The lowest BCUT2D eigenvalue weighted by Crippen LogP contribution is -2.62. The molecule has 1 aromatic rings. The highest BCUT2D eigenvalue weighted by atomic mass is 19.1. The SMILES string of the molecule is CC(c1ccc(F)cc1F)N1CC(N2CCNCC2)C1. The van der Waals surface area contributed by atoms with Crippen molar-refractivity contribution in [2.45, 2.75) is 19.0 Å². The van der Waals surface area contributed by atoms with Gasteiger partial charge in [0.1, 0.15) is 11.6 Å². The Labute approximate surface area is 118 Å². The minimum Gasteiger partial charge on any atom is -0.314 e. The molecular formula is C15H21F2N3. The van der Waals surface area contributed by atoms with Crippen molar-refractivity contribution in [3.8, 4) is 0 Å². The van der Waals surface area contributed by atoms with Crippen LogP contribution < -0.4 is 5.32 Å². The zero-order chi connectivity index (χ0) is 14.1. The van der Waals surface area contributed by atoms with Gasteiger partial charge in [0, 0.05) is 63.0 Å². The summed E-state index contributed by atoms with van der Waals surface area (Å²) in [6, 6.07) is 4.47. The molecule has 2 aliphatic rings. The van der Waals surface area contributed by atoms with Gasteiger partial charge >= 0.3 is 0 Å². The van der Waals surface area contributed by atoms with E-state index in [4.69, 9.17) is 0 Å². The van der Waals surface area contributed by atoms with Crippen LogP contribution in [0, 0.1) is 11.6 Å². The predicted molar refractivity (Wildman–Crippen MR) is 74.6 cm³/mol. The average molecular weight is 281 g/mol. The van der Waals surface area contributed by atoms with Crippen molar-refractivity contribution in [2.75, 3.05) is 39.3 Å². The largest absolute Gasteiger partial charge is 0.314 e. The van der Waals surface area contributed by atoms with Crippen molar-refractivity contribution in [3.63, 3.8) is 0 Å². The van der Waals surface area contributed by atoms with Gasteiger partial charge in [0.25, 0.3) is 0 Å². The lowest BCUT2D eigenvalue weighted by atomic mass is 9.98. The zero-order valence-electron chi connectivity index (χ0n) is 11.8. The topological polar surface area (TPSA) is 18.5 Å². The summed E-state index contributed by atoms with van der Waals surface area (Å²) in [5, 5.41) is 3.35. The predicted octanol–water partition coefficient (Wildman–Crippen LogP) is 1.62. The lowest BCUT2D eigenvalue weighted by molar-refractivity contribution is 0.00265. The second-order valence-corrected chi connectivity index (χ2v) is 5.74. The van der Waals surface area contributed by atoms with Crippen LogP contribution in [0.4, 0.5) is 8.78 Å². The first-order chi connectivity index (χ1) is 9.65. The maximum absolute atomic E-state index is 13.8. The third-order valence-electron chi connectivity index (χ3n) is 4.52. The van der Waals surface area contributed by atoms with E-state index in [1.807, 2.05) is 6.92 Å². The van der Waals surface area contributed by atoms with Crippen molar-refractivity contribution in [1.29, 1.82) is 0 Å². The van der Waals surface area contributed by atoms with Gasteiger partial charge in [-0.1, -0.05) is 6.07 Å². The molecule has 2 fully saturated rings. The smallest absolute Gasteiger partial charge is 0.130 e. The molecule has 2 saturated heterocycles. The number of nitrogens with zero attached hydrogens (tertiary/aromatic N) is 2. The van der Waals surface area contributed by atoms with Crippen LogP contribution in [0.2, 0.25) is 0 Å². The van der Waals surface area contributed by atoms with Gasteiger partial charge in [-0.15, -0.1) is 0 Å². The number of nitrogens with one attached hydrogen (secondary N) is 1. The Balaban J connectivity index is 1.58. The Morgan fingerprint density at radius 2 is 1.90 bits per heavy atom.